The number of nitrogens with one attached hydrogen (secondary N) is 1. The number of nitrogens with zero attached hydrogens (tertiary/aromatic N) is 3. The van der Waals surface area contributed by atoms with Crippen LogP contribution in [-0.2, 0) is 0 Å². The number of aromatic nitrogens is 2. The second kappa shape index (κ2) is 6.35. The number of carbonyl (C=O) groups is 1. The fourth-order valence-electron chi connectivity index (χ4n) is 3.20. The summed E-state index contributed by atoms with van der Waals surface area (Å²) in [5.74, 6) is 0.0249. The number of benzene rings is 1. The van der Waals surface area contributed by atoms with Crippen LogP contribution in [0, 0.1) is 0 Å². The highest BCUT2D eigenvalue weighted by atomic mass is 16.2. The van der Waals surface area contributed by atoms with Gasteiger partial charge in [0.25, 0.3) is 5.91 Å². The van der Waals surface area contributed by atoms with Gasteiger partial charge < -0.3 is 14.6 Å². The normalized spacial score (nSPS) is 15.6. The molecule has 4 rings (SSSR count). The van der Waals surface area contributed by atoms with E-state index in [-0.39, 0.29) is 5.91 Å². The Labute approximate surface area is 140 Å². The molecule has 1 N–H and O–H groups in total. The number of carbonyl (C=O) groups excluding carboxylic acids is 1. The van der Waals surface area contributed by atoms with E-state index >= 15 is 0 Å². The number of fused-ring (bicyclic) bond motifs is 1. The number of piperidine rings is 1. The molecule has 2 aromatic heterocycles. The van der Waals surface area contributed by atoms with E-state index in [2.05, 4.69) is 22.4 Å². The monoisotopic (exact) mass is 320 g/mol. The molecule has 0 spiro atoms. The van der Waals surface area contributed by atoms with Gasteiger partial charge in [0.05, 0.1) is 0 Å². The zero-order valence-electron chi connectivity index (χ0n) is 13.4. The van der Waals surface area contributed by atoms with Crippen molar-refractivity contribution in [3.63, 3.8) is 0 Å². The van der Waals surface area contributed by atoms with Crippen molar-refractivity contribution in [2.24, 2.45) is 0 Å². The third kappa shape index (κ3) is 2.97. The maximum atomic E-state index is 12.7. The van der Waals surface area contributed by atoms with E-state index in [4.69, 9.17) is 0 Å². The van der Waals surface area contributed by atoms with E-state index in [0.29, 0.717) is 11.7 Å². The molecule has 122 valence electrons. The number of rotatable bonds is 3. The van der Waals surface area contributed by atoms with Crippen LogP contribution in [-0.4, -0.2) is 39.3 Å². The predicted molar refractivity (Wildman–Crippen MR) is 94.2 cm³/mol. The third-order valence-corrected chi connectivity index (χ3v) is 4.51. The minimum Gasteiger partial charge on any atom is -0.382 e. The summed E-state index contributed by atoms with van der Waals surface area (Å²) < 4.78 is 1.89. The van der Waals surface area contributed by atoms with Crippen molar-refractivity contribution in [1.82, 2.24) is 14.3 Å². The van der Waals surface area contributed by atoms with Crippen molar-refractivity contribution in [3.05, 3.63) is 66.6 Å². The largest absolute Gasteiger partial charge is 0.382 e. The second-order valence-electron chi connectivity index (χ2n) is 6.17. The summed E-state index contributed by atoms with van der Waals surface area (Å²) in [7, 11) is 0. The molecule has 0 aliphatic carbocycles. The fourth-order valence-corrected chi connectivity index (χ4v) is 3.20. The van der Waals surface area contributed by atoms with Crippen LogP contribution >= 0.6 is 0 Å². The van der Waals surface area contributed by atoms with E-state index in [1.165, 1.54) is 0 Å². The van der Waals surface area contributed by atoms with Gasteiger partial charge in [-0.1, -0.05) is 24.3 Å². The van der Waals surface area contributed by atoms with Crippen LogP contribution in [0.25, 0.3) is 5.65 Å². The number of amides is 1. The van der Waals surface area contributed by atoms with Gasteiger partial charge in [0.1, 0.15) is 11.3 Å². The number of imidazole rings is 1. The fraction of sp³-hybridized carbons (Fsp3) is 0.263. The first kappa shape index (κ1) is 14.8. The van der Waals surface area contributed by atoms with E-state index in [9.17, 15) is 4.79 Å². The number of pyridine rings is 1. The highest BCUT2D eigenvalue weighted by Crippen LogP contribution is 2.18. The molecule has 0 unspecified atom stereocenters. The lowest BCUT2D eigenvalue weighted by Gasteiger charge is -2.32. The topological polar surface area (TPSA) is 49.6 Å². The van der Waals surface area contributed by atoms with Gasteiger partial charge in [-0.3, -0.25) is 4.79 Å². The average Bonchev–Trinajstić information content (AvgIpc) is 3.07. The first-order chi connectivity index (χ1) is 11.8. The van der Waals surface area contributed by atoms with Gasteiger partial charge in [-0.05, 0) is 37.1 Å². The summed E-state index contributed by atoms with van der Waals surface area (Å²) >= 11 is 0. The van der Waals surface area contributed by atoms with E-state index in [1.54, 1.807) is 0 Å². The van der Waals surface area contributed by atoms with Crippen LogP contribution < -0.4 is 5.32 Å². The molecule has 0 radical (unpaired) electrons. The molecule has 0 bridgehead atoms. The van der Waals surface area contributed by atoms with Crippen LogP contribution in [0.1, 0.15) is 23.3 Å². The Morgan fingerprint density at radius 1 is 1.04 bits per heavy atom. The SMILES string of the molecule is O=C(c1cn2ccccc2n1)N1CCC(Nc2ccccc2)CC1. The van der Waals surface area contributed by atoms with Gasteiger partial charge in [0, 0.05) is 37.2 Å². The van der Waals surface area contributed by atoms with Crippen molar-refractivity contribution < 1.29 is 4.79 Å². The molecule has 1 fully saturated rings. The van der Waals surface area contributed by atoms with Gasteiger partial charge >= 0.3 is 0 Å². The Kier molecular flexibility index (Phi) is 3.91. The number of likely N-dealkylation sites (tertiary alicyclic amines) is 1. The lowest BCUT2D eigenvalue weighted by atomic mass is 10.0. The highest BCUT2D eigenvalue weighted by molar-refractivity contribution is 5.93. The summed E-state index contributed by atoms with van der Waals surface area (Å²) in [6.45, 7) is 1.52. The minimum absolute atomic E-state index is 0.0249. The van der Waals surface area contributed by atoms with Crippen molar-refractivity contribution >= 4 is 17.2 Å². The predicted octanol–water partition coefficient (Wildman–Crippen LogP) is 3.05. The molecular weight excluding hydrogens is 300 g/mol. The molecular formula is C19H20N4O. The summed E-state index contributed by atoms with van der Waals surface area (Å²) in [5.41, 5.74) is 2.47. The van der Waals surface area contributed by atoms with Gasteiger partial charge in [-0.15, -0.1) is 0 Å². The minimum atomic E-state index is 0.0249. The molecule has 0 saturated carbocycles. The lowest BCUT2D eigenvalue weighted by molar-refractivity contribution is 0.0713. The Hall–Kier alpha value is -2.82. The quantitative estimate of drug-likeness (QED) is 0.807. The van der Waals surface area contributed by atoms with E-state index in [1.807, 2.05) is 58.1 Å². The zero-order chi connectivity index (χ0) is 16.4. The molecule has 1 aliphatic heterocycles. The molecule has 5 heteroatoms. The molecule has 24 heavy (non-hydrogen) atoms. The Morgan fingerprint density at radius 2 is 1.79 bits per heavy atom. The number of para-hydroxylation sites is 1. The van der Waals surface area contributed by atoms with Crippen LogP contribution in [0.5, 0.6) is 0 Å². The number of hydrogen-bond acceptors (Lipinski definition) is 3. The van der Waals surface area contributed by atoms with Crippen molar-refractivity contribution in [3.8, 4) is 0 Å². The van der Waals surface area contributed by atoms with Gasteiger partial charge in [-0.2, -0.15) is 0 Å². The van der Waals surface area contributed by atoms with Crippen LogP contribution in [0.15, 0.2) is 60.9 Å². The number of hydrogen-bond donors (Lipinski definition) is 1. The van der Waals surface area contributed by atoms with Crippen LogP contribution in [0.2, 0.25) is 0 Å². The maximum absolute atomic E-state index is 12.7. The van der Waals surface area contributed by atoms with Crippen LogP contribution in [0.3, 0.4) is 0 Å². The highest BCUT2D eigenvalue weighted by Gasteiger charge is 2.25. The molecule has 3 heterocycles. The second-order valence-corrected chi connectivity index (χ2v) is 6.17. The summed E-state index contributed by atoms with van der Waals surface area (Å²) in [4.78, 5) is 19.0. The standard InChI is InChI=1S/C19H20N4O/c24-19(17-14-23-11-5-4-8-18(23)21-17)22-12-9-16(10-13-22)20-15-6-2-1-3-7-15/h1-8,11,14,16,20H,9-10,12-13H2. The third-order valence-electron chi connectivity index (χ3n) is 4.51. The molecule has 0 atom stereocenters. The van der Waals surface area contributed by atoms with E-state index < -0.39 is 0 Å². The first-order valence-corrected chi connectivity index (χ1v) is 8.34. The zero-order valence-corrected chi connectivity index (χ0v) is 13.4. The van der Waals surface area contributed by atoms with Gasteiger partial charge in [-0.25, -0.2) is 4.98 Å². The molecule has 1 amide bonds. The van der Waals surface area contributed by atoms with Crippen molar-refractivity contribution in [2.75, 3.05) is 18.4 Å². The van der Waals surface area contributed by atoms with Crippen LogP contribution in [0.4, 0.5) is 5.69 Å². The summed E-state index contributed by atoms with van der Waals surface area (Å²) in [5, 5.41) is 3.54. The molecule has 3 aromatic rings. The lowest BCUT2D eigenvalue weighted by Crippen LogP contribution is -2.42. The summed E-state index contributed by atoms with van der Waals surface area (Å²) in [6.07, 6.45) is 5.63. The van der Waals surface area contributed by atoms with Gasteiger partial charge in [0.15, 0.2) is 0 Å². The Balaban J connectivity index is 1.39. The summed E-state index contributed by atoms with van der Waals surface area (Å²) in [6, 6.07) is 16.4. The Bertz CT molecular complexity index is 802. The smallest absolute Gasteiger partial charge is 0.274 e. The molecule has 5 nitrogen and oxygen atoms in total. The maximum Gasteiger partial charge on any atom is 0.274 e. The van der Waals surface area contributed by atoms with Crippen molar-refractivity contribution in [1.29, 1.82) is 0 Å². The van der Waals surface area contributed by atoms with Crippen molar-refractivity contribution in [2.45, 2.75) is 18.9 Å². The molecule has 1 aromatic carbocycles. The molecule has 1 aliphatic rings. The Morgan fingerprint density at radius 3 is 2.54 bits per heavy atom. The van der Waals surface area contributed by atoms with E-state index in [0.717, 1.165) is 37.3 Å². The average molecular weight is 320 g/mol. The first-order valence-electron chi connectivity index (χ1n) is 8.34. The number of anilines is 1. The van der Waals surface area contributed by atoms with Gasteiger partial charge in [0.2, 0.25) is 0 Å². The molecule has 1 saturated heterocycles.